The molecule has 0 saturated carbocycles. The molecule has 0 saturated heterocycles. The van der Waals surface area contributed by atoms with Crippen molar-refractivity contribution in [1.82, 2.24) is 4.98 Å². The second-order valence-electron chi connectivity index (χ2n) is 4.37. The number of aromatic nitrogens is 1. The van der Waals surface area contributed by atoms with Crippen LogP contribution in [0, 0.1) is 6.92 Å². The van der Waals surface area contributed by atoms with Crippen LogP contribution in [0.5, 0.6) is 0 Å². The first kappa shape index (κ1) is 13.3. The van der Waals surface area contributed by atoms with E-state index in [-0.39, 0.29) is 0 Å². The highest BCUT2D eigenvalue weighted by Gasteiger charge is 2.01. The van der Waals surface area contributed by atoms with Crippen molar-refractivity contribution in [2.45, 2.75) is 6.92 Å². The Morgan fingerprint density at radius 2 is 2.10 bits per heavy atom. The molecule has 0 aliphatic rings. The Kier molecular flexibility index (Phi) is 3.80. The SMILES string of the molecule is Cc1ccc(/C=N/Nc2nc3ccccc3s2)cc1Br. The zero-order chi connectivity index (χ0) is 13.9. The van der Waals surface area contributed by atoms with E-state index in [4.69, 9.17) is 0 Å². The summed E-state index contributed by atoms with van der Waals surface area (Å²) < 4.78 is 2.24. The molecule has 0 amide bonds. The summed E-state index contributed by atoms with van der Waals surface area (Å²) in [6.45, 7) is 2.06. The lowest BCUT2D eigenvalue weighted by molar-refractivity contribution is 1.31. The fourth-order valence-corrected chi connectivity index (χ4v) is 2.98. The molecule has 20 heavy (non-hydrogen) atoms. The highest BCUT2D eigenvalue weighted by atomic mass is 79.9. The number of para-hydroxylation sites is 1. The molecule has 1 aromatic heterocycles. The van der Waals surface area contributed by atoms with Crippen LogP contribution in [0.3, 0.4) is 0 Å². The minimum absolute atomic E-state index is 0.800. The first-order valence-electron chi connectivity index (χ1n) is 6.13. The summed E-state index contributed by atoms with van der Waals surface area (Å²) in [6.07, 6.45) is 1.79. The number of hydrogen-bond acceptors (Lipinski definition) is 4. The number of hydrazone groups is 1. The second-order valence-corrected chi connectivity index (χ2v) is 6.25. The van der Waals surface area contributed by atoms with Crippen LogP contribution in [-0.4, -0.2) is 11.2 Å². The van der Waals surface area contributed by atoms with E-state index >= 15 is 0 Å². The first-order chi connectivity index (χ1) is 9.72. The Morgan fingerprint density at radius 1 is 1.25 bits per heavy atom. The number of rotatable bonds is 3. The molecule has 3 nitrogen and oxygen atoms in total. The lowest BCUT2D eigenvalue weighted by Gasteiger charge is -1.99. The largest absolute Gasteiger partial charge is 0.253 e. The molecule has 0 fully saturated rings. The maximum atomic E-state index is 4.46. The molecule has 0 radical (unpaired) electrons. The van der Waals surface area contributed by atoms with E-state index in [9.17, 15) is 0 Å². The summed E-state index contributed by atoms with van der Waals surface area (Å²) in [4.78, 5) is 4.46. The third-order valence-electron chi connectivity index (χ3n) is 2.86. The standard InChI is InChI=1S/C15H12BrN3S/c1-10-6-7-11(8-12(10)16)9-17-19-15-18-13-4-2-3-5-14(13)20-15/h2-9H,1H3,(H,18,19)/b17-9+. The number of fused-ring (bicyclic) bond motifs is 1. The van der Waals surface area contributed by atoms with Crippen LogP contribution >= 0.6 is 27.3 Å². The number of thiazole rings is 1. The Balaban J connectivity index is 1.75. The highest BCUT2D eigenvalue weighted by molar-refractivity contribution is 9.10. The van der Waals surface area contributed by atoms with Crippen molar-refractivity contribution < 1.29 is 0 Å². The van der Waals surface area contributed by atoms with Crippen molar-refractivity contribution in [3.05, 3.63) is 58.1 Å². The quantitative estimate of drug-likeness (QED) is 0.546. The van der Waals surface area contributed by atoms with E-state index in [0.717, 1.165) is 25.4 Å². The van der Waals surface area contributed by atoms with E-state index < -0.39 is 0 Å². The van der Waals surface area contributed by atoms with Crippen molar-refractivity contribution in [3.63, 3.8) is 0 Å². The Hall–Kier alpha value is -1.72. The molecule has 0 atom stereocenters. The summed E-state index contributed by atoms with van der Waals surface area (Å²) in [7, 11) is 0. The molecular weight excluding hydrogens is 334 g/mol. The molecule has 3 aromatic rings. The number of hydrogen-bond donors (Lipinski definition) is 1. The highest BCUT2D eigenvalue weighted by Crippen LogP contribution is 2.25. The fraction of sp³-hybridized carbons (Fsp3) is 0.0667. The van der Waals surface area contributed by atoms with Crippen molar-refractivity contribution >= 4 is 48.8 Å². The molecule has 2 aromatic carbocycles. The van der Waals surface area contributed by atoms with Crippen LogP contribution in [0.15, 0.2) is 52.0 Å². The number of benzene rings is 2. The van der Waals surface area contributed by atoms with Gasteiger partial charge in [0.05, 0.1) is 16.4 Å². The fourth-order valence-electron chi connectivity index (χ4n) is 1.77. The topological polar surface area (TPSA) is 37.3 Å². The van der Waals surface area contributed by atoms with Gasteiger partial charge in [-0.2, -0.15) is 5.10 Å². The van der Waals surface area contributed by atoms with E-state index in [2.05, 4.69) is 50.5 Å². The third kappa shape index (κ3) is 2.89. The monoisotopic (exact) mass is 345 g/mol. The smallest absolute Gasteiger partial charge is 0.204 e. The average molecular weight is 346 g/mol. The maximum absolute atomic E-state index is 4.46. The predicted octanol–water partition coefficient (Wildman–Crippen LogP) is 4.81. The lowest BCUT2D eigenvalue weighted by atomic mass is 10.2. The van der Waals surface area contributed by atoms with Crippen molar-refractivity contribution in [2.75, 3.05) is 5.43 Å². The molecule has 1 heterocycles. The first-order valence-corrected chi connectivity index (χ1v) is 7.74. The minimum atomic E-state index is 0.800. The van der Waals surface area contributed by atoms with E-state index in [1.165, 1.54) is 5.56 Å². The predicted molar refractivity (Wildman–Crippen MR) is 89.7 cm³/mol. The van der Waals surface area contributed by atoms with Crippen LogP contribution < -0.4 is 5.43 Å². The molecular formula is C15H12BrN3S. The van der Waals surface area contributed by atoms with Gasteiger partial charge in [-0.25, -0.2) is 4.98 Å². The van der Waals surface area contributed by atoms with E-state index in [1.807, 2.05) is 30.3 Å². The zero-order valence-electron chi connectivity index (χ0n) is 10.8. The molecule has 100 valence electrons. The molecule has 0 aliphatic heterocycles. The Labute approximate surface area is 129 Å². The van der Waals surface area contributed by atoms with Crippen LogP contribution in [0.2, 0.25) is 0 Å². The van der Waals surface area contributed by atoms with Gasteiger partial charge in [-0.1, -0.05) is 51.5 Å². The number of aryl methyl sites for hydroxylation is 1. The summed E-state index contributed by atoms with van der Waals surface area (Å²) in [6, 6.07) is 14.2. The van der Waals surface area contributed by atoms with E-state index in [0.29, 0.717) is 0 Å². The van der Waals surface area contributed by atoms with Gasteiger partial charge in [-0.15, -0.1) is 0 Å². The van der Waals surface area contributed by atoms with Crippen LogP contribution in [0.25, 0.3) is 10.2 Å². The lowest BCUT2D eigenvalue weighted by Crippen LogP contribution is -1.90. The van der Waals surface area contributed by atoms with Crippen molar-refractivity contribution in [3.8, 4) is 0 Å². The van der Waals surface area contributed by atoms with Crippen molar-refractivity contribution in [2.24, 2.45) is 5.10 Å². The Morgan fingerprint density at radius 3 is 2.90 bits per heavy atom. The van der Waals surface area contributed by atoms with Gasteiger partial charge in [0.15, 0.2) is 0 Å². The van der Waals surface area contributed by atoms with Gasteiger partial charge in [-0.3, -0.25) is 5.43 Å². The molecule has 1 N–H and O–H groups in total. The van der Waals surface area contributed by atoms with Gasteiger partial charge >= 0.3 is 0 Å². The zero-order valence-corrected chi connectivity index (χ0v) is 13.2. The van der Waals surface area contributed by atoms with Gasteiger partial charge in [0, 0.05) is 4.47 Å². The average Bonchev–Trinajstić information content (AvgIpc) is 2.85. The molecule has 0 unspecified atom stereocenters. The summed E-state index contributed by atoms with van der Waals surface area (Å²) in [5, 5.41) is 5.03. The van der Waals surface area contributed by atoms with E-state index in [1.54, 1.807) is 17.6 Å². The van der Waals surface area contributed by atoms with Gasteiger partial charge in [0.1, 0.15) is 0 Å². The van der Waals surface area contributed by atoms with Crippen molar-refractivity contribution in [1.29, 1.82) is 0 Å². The molecule has 0 bridgehead atoms. The minimum Gasteiger partial charge on any atom is -0.253 e. The molecule has 0 spiro atoms. The van der Waals surface area contributed by atoms with Gasteiger partial charge in [0.2, 0.25) is 5.13 Å². The van der Waals surface area contributed by atoms with Crippen LogP contribution in [-0.2, 0) is 0 Å². The van der Waals surface area contributed by atoms with Crippen LogP contribution in [0.1, 0.15) is 11.1 Å². The van der Waals surface area contributed by atoms with Gasteiger partial charge < -0.3 is 0 Å². The normalized spacial score (nSPS) is 11.3. The Bertz CT molecular complexity index is 747. The van der Waals surface area contributed by atoms with Gasteiger partial charge in [-0.05, 0) is 36.2 Å². The molecule has 3 rings (SSSR count). The summed E-state index contributed by atoms with van der Waals surface area (Å²) in [5.41, 5.74) is 6.22. The molecule has 0 aliphatic carbocycles. The third-order valence-corrected chi connectivity index (χ3v) is 4.66. The second kappa shape index (κ2) is 5.73. The maximum Gasteiger partial charge on any atom is 0.204 e. The van der Waals surface area contributed by atoms with Gasteiger partial charge in [0.25, 0.3) is 0 Å². The molecule has 5 heteroatoms. The number of nitrogens with one attached hydrogen (secondary N) is 1. The summed E-state index contributed by atoms with van der Waals surface area (Å²) in [5.74, 6) is 0. The number of nitrogens with zero attached hydrogens (tertiary/aromatic N) is 2. The number of halogens is 1. The van der Waals surface area contributed by atoms with Crippen LogP contribution in [0.4, 0.5) is 5.13 Å². The summed E-state index contributed by atoms with van der Waals surface area (Å²) >= 11 is 5.11. The number of anilines is 1.